The molecule has 0 spiro atoms. The van der Waals surface area contributed by atoms with Crippen molar-refractivity contribution in [2.24, 2.45) is 0 Å². The number of halogens is 4. The van der Waals surface area contributed by atoms with Crippen molar-refractivity contribution in [1.29, 1.82) is 0 Å². The lowest BCUT2D eigenvalue weighted by Gasteiger charge is -2.00. The lowest BCUT2D eigenvalue weighted by Crippen LogP contribution is -1.99. The number of hydrogen-bond acceptors (Lipinski definition) is 3. The fourth-order valence-corrected chi connectivity index (χ4v) is 0.784. The number of nitrogens with zero attached hydrogens (tertiary/aromatic N) is 2. The quantitative estimate of drug-likeness (QED) is 0.678. The van der Waals surface area contributed by atoms with Crippen LogP contribution >= 0.6 is 50.7 Å². The number of alkyl halides is 3. The first kappa shape index (κ1) is 8.59. The molecule has 0 fully saturated rings. The van der Waals surface area contributed by atoms with Crippen molar-refractivity contribution in [1.82, 2.24) is 10.1 Å². The Labute approximate surface area is 79.8 Å². The van der Waals surface area contributed by atoms with Gasteiger partial charge in [0.25, 0.3) is 9.68 Å². The van der Waals surface area contributed by atoms with Gasteiger partial charge in [-0.1, -0.05) is 34.8 Å². The van der Waals surface area contributed by atoms with Crippen LogP contribution in [0.25, 0.3) is 0 Å². The van der Waals surface area contributed by atoms with E-state index < -0.39 is 3.79 Å². The Morgan fingerprint density at radius 2 is 2.00 bits per heavy atom. The first-order valence-corrected chi connectivity index (χ1v) is 3.99. The zero-order chi connectivity index (χ0) is 7.78. The molecule has 0 atom stereocenters. The van der Waals surface area contributed by atoms with Crippen LogP contribution < -0.4 is 0 Å². The molecule has 0 aliphatic heterocycles. The van der Waals surface area contributed by atoms with Gasteiger partial charge in [-0.05, 0) is 21.1 Å². The maximum atomic E-state index is 5.39. The molecule has 0 radical (unpaired) electrons. The molecular formula is C3BrCl3N2O. The molecule has 56 valence electrons. The third kappa shape index (κ3) is 1.99. The first-order valence-electron chi connectivity index (χ1n) is 2.06. The van der Waals surface area contributed by atoms with E-state index in [4.69, 9.17) is 34.8 Å². The number of rotatable bonds is 0. The number of hydrogen-bond donors (Lipinski definition) is 0. The zero-order valence-electron chi connectivity index (χ0n) is 4.31. The summed E-state index contributed by atoms with van der Waals surface area (Å²) in [6, 6.07) is 0. The number of aromatic nitrogens is 2. The summed E-state index contributed by atoms with van der Waals surface area (Å²) in [7, 11) is 0. The van der Waals surface area contributed by atoms with Crippen LogP contribution in [0.4, 0.5) is 0 Å². The van der Waals surface area contributed by atoms with Crippen LogP contribution in [0.3, 0.4) is 0 Å². The Morgan fingerprint density at radius 1 is 1.40 bits per heavy atom. The summed E-state index contributed by atoms with van der Waals surface area (Å²) < 4.78 is 3.14. The van der Waals surface area contributed by atoms with E-state index in [-0.39, 0.29) is 10.6 Å². The molecule has 10 heavy (non-hydrogen) atoms. The van der Waals surface area contributed by atoms with E-state index in [2.05, 4.69) is 30.6 Å². The molecule has 7 heteroatoms. The second kappa shape index (κ2) is 2.85. The molecule has 0 unspecified atom stereocenters. The van der Waals surface area contributed by atoms with Crippen molar-refractivity contribution in [3.05, 3.63) is 10.6 Å². The molecule has 0 aliphatic carbocycles. The van der Waals surface area contributed by atoms with E-state index >= 15 is 0 Å². The smallest absolute Gasteiger partial charge is 0.279 e. The average molecular weight is 266 g/mol. The van der Waals surface area contributed by atoms with Crippen LogP contribution in [0.15, 0.2) is 9.26 Å². The summed E-state index contributed by atoms with van der Waals surface area (Å²) in [5, 5.41) is 3.36. The van der Waals surface area contributed by atoms with Gasteiger partial charge in [0.05, 0.1) is 0 Å². The van der Waals surface area contributed by atoms with Crippen molar-refractivity contribution >= 4 is 50.7 Å². The molecule has 0 saturated carbocycles. The topological polar surface area (TPSA) is 38.9 Å². The van der Waals surface area contributed by atoms with Crippen LogP contribution in [-0.2, 0) is 3.79 Å². The molecular weight excluding hydrogens is 266 g/mol. The van der Waals surface area contributed by atoms with Crippen molar-refractivity contribution < 1.29 is 4.52 Å². The molecule has 0 saturated heterocycles. The van der Waals surface area contributed by atoms with Crippen LogP contribution in [0.5, 0.6) is 0 Å². The van der Waals surface area contributed by atoms with Crippen LogP contribution in [0.2, 0.25) is 0 Å². The Morgan fingerprint density at radius 3 is 2.20 bits per heavy atom. The molecule has 0 N–H and O–H groups in total. The standard InChI is InChI=1S/C3BrCl3N2O/c4-2-8-1(10-9-2)3(5,6)7. The maximum Gasteiger partial charge on any atom is 0.279 e. The predicted octanol–water partition coefficient (Wildman–Crippen LogP) is 2.66. The van der Waals surface area contributed by atoms with E-state index in [0.717, 1.165) is 0 Å². The SMILES string of the molecule is ClC(Cl)(Cl)c1nc(Br)no1. The minimum absolute atomic E-state index is 0.0515. The third-order valence-electron chi connectivity index (χ3n) is 0.644. The Balaban J connectivity index is 2.96. The zero-order valence-corrected chi connectivity index (χ0v) is 8.17. The summed E-state index contributed by atoms with van der Waals surface area (Å²) in [6.07, 6.45) is 0. The van der Waals surface area contributed by atoms with Crippen LogP contribution in [0, 0.1) is 0 Å². The van der Waals surface area contributed by atoms with Gasteiger partial charge in [-0.15, -0.1) is 0 Å². The fourth-order valence-electron chi connectivity index (χ4n) is 0.321. The van der Waals surface area contributed by atoms with Gasteiger partial charge in [-0.25, -0.2) is 0 Å². The molecule has 0 aliphatic rings. The van der Waals surface area contributed by atoms with E-state index in [1.165, 1.54) is 0 Å². The third-order valence-corrected chi connectivity index (χ3v) is 1.45. The molecule has 0 aromatic carbocycles. The van der Waals surface area contributed by atoms with Gasteiger partial charge in [-0.2, -0.15) is 4.98 Å². The summed E-state index contributed by atoms with van der Waals surface area (Å²) in [6.45, 7) is 0. The van der Waals surface area contributed by atoms with Crippen molar-refractivity contribution in [3.8, 4) is 0 Å². The van der Waals surface area contributed by atoms with E-state index in [1.807, 2.05) is 0 Å². The summed E-state index contributed by atoms with van der Waals surface area (Å²) in [4.78, 5) is 3.62. The van der Waals surface area contributed by atoms with Gasteiger partial charge in [0.1, 0.15) is 0 Å². The highest BCUT2D eigenvalue weighted by atomic mass is 79.9. The molecule has 1 heterocycles. The van der Waals surface area contributed by atoms with Gasteiger partial charge in [0.15, 0.2) is 0 Å². The fraction of sp³-hybridized carbons (Fsp3) is 0.333. The second-order valence-corrected chi connectivity index (χ2v) is 4.36. The highest BCUT2D eigenvalue weighted by molar-refractivity contribution is 9.10. The summed E-state index contributed by atoms with van der Waals surface area (Å²) in [5.74, 6) is -0.0515. The van der Waals surface area contributed by atoms with Crippen molar-refractivity contribution in [3.63, 3.8) is 0 Å². The first-order chi connectivity index (χ1) is 4.50. The van der Waals surface area contributed by atoms with Crippen LogP contribution in [0.1, 0.15) is 5.89 Å². The maximum absolute atomic E-state index is 5.39. The van der Waals surface area contributed by atoms with E-state index in [1.54, 1.807) is 0 Å². The molecule has 1 aromatic heterocycles. The molecule has 1 rings (SSSR count). The van der Waals surface area contributed by atoms with Crippen LogP contribution in [-0.4, -0.2) is 10.1 Å². The minimum atomic E-state index is -1.64. The highest BCUT2D eigenvalue weighted by Gasteiger charge is 2.30. The Hall–Kier alpha value is 0.490. The summed E-state index contributed by atoms with van der Waals surface area (Å²) >= 11 is 19.1. The molecule has 3 nitrogen and oxygen atoms in total. The van der Waals surface area contributed by atoms with Crippen molar-refractivity contribution in [2.75, 3.05) is 0 Å². The Bertz CT molecular complexity index is 232. The highest BCUT2D eigenvalue weighted by Crippen LogP contribution is 2.37. The van der Waals surface area contributed by atoms with Gasteiger partial charge >= 0.3 is 0 Å². The lowest BCUT2D eigenvalue weighted by molar-refractivity contribution is 0.379. The summed E-state index contributed by atoms with van der Waals surface area (Å²) in [5.41, 5.74) is 0. The normalized spacial score (nSPS) is 12.0. The lowest BCUT2D eigenvalue weighted by atomic mass is 10.8. The molecule has 0 amide bonds. The van der Waals surface area contributed by atoms with Gasteiger partial charge in [0.2, 0.25) is 4.73 Å². The van der Waals surface area contributed by atoms with Crippen molar-refractivity contribution in [2.45, 2.75) is 3.79 Å². The van der Waals surface area contributed by atoms with Gasteiger partial charge in [-0.3, -0.25) is 0 Å². The largest absolute Gasteiger partial charge is 0.334 e. The second-order valence-electron chi connectivity index (χ2n) is 1.37. The Kier molecular flexibility index (Phi) is 2.45. The monoisotopic (exact) mass is 264 g/mol. The molecule has 0 bridgehead atoms. The average Bonchev–Trinajstić information content (AvgIpc) is 2.11. The molecule has 1 aromatic rings. The minimum Gasteiger partial charge on any atom is -0.334 e. The van der Waals surface area contributed by atoms with Gasteiger partial charge in [0, 0.05) is 0 Å². The predicted molar refractivity (Wildman–Crippen MR) is 41.2 cm³/mol. The van der Waals surface area contributed by atoms with E-state index in [0.29, 0.717) is 0 Å². The van der Waals surface area contributed by atoms with E-state index in [9.17, 15) is 0 Å². The van der Waals surface area contributed by atoms with Gasteiger partial charge < -0.3 is 4.52 Å².